The minimum atomic E-state index is -1.10. The van der Waals surface area contributed by atoms with E-state index in [1.807, 2.05) is 12.1 Å². The standard InChI is InChI=1S/C26H38N2O5/c1-2-3-4-9-15-21(16-10-6-11-18-23(29)24(27)30)33-26(32)22-17-12-19-28(22)25(31)20-13-7-5-8-14-20/h5,7-8,12-14,19,21-23,29H,2-4,6,9-11,15-18H2,1H3,(H2,27,30)/t21-,22+,23-/m1/s1. The second-order valence-corrected chi connectivity index (χ2v) is 8.68. The predicted molar refractivity (Wildman–Crippen MR) is 127 cm³/mol. The van der Waals surface area contributed by atoms with E-state index in [1.165, 1.54) is 4.90 Å². The zero-order chi connectivity index (χ0) is 24.1. The van der Waals surface area contributed by atoms with Crippen LogP contribution in [0.3, 0.4) is 0 Å². The molecule has 2 amide bonds. The molecule has 1 aliphatic rings. The van der Waals surface area contributed by atoms with Gasteiger partial charge >= 0.3 is 5.97 Å². The van der Waals surface area contributed by atoms with Gasteiger partial charge in [-0.1, -0.05) is 63.3 Å². The molecular weight excluding hydrogens is 420 g/mol. The van der Waals surface area contributed by atoms with Gasteiger partial charge in [-0.25, -0.2) is 4.79 Å². The van der Waals surface area contributed by atoms with Gasteiger partial charge in [0.1, 0.15) is 18.2 Å². The number of carbonyl (C=O) groups is 3. The molecule has 2 rings (SSSR count). The van der Waals surface area contributed by atoms with E-state index in [-0.39, 0.29) is 18.0 Å². The fourth-order valence-corrected chi connectivity index (χ4v) is 4.00. The highest BCUT2D eigenvalue weighted by Crippen LogP contribution is 2.22. The Hall–Kier alpha value is -2.67. The lowest BCUT2D eigenvalue weighted by atomic mass is 10.0. The second kappa shape index (κ2) is 14.5. The van der Waals surface area contributed by atoms with Crippen molar-refractivity contribution in [2.45, 2.75) is 95.8 Å². The van der Waals surface area contributed by atoms with Crippen molar-refractivity contribution in [1.82, 2.24) is 4.90 Å². The highest BCUT2D eigenvalue weighted by atomic mass is 16.5. The van der Waals surface area contributed by atoms with Gasteiger partial charge in [0.05, 0.1) is 0 Å². The van der Waals surface area contributed by atoms with Gasteiger partial charge in [-0.05, 0) is 50.7 Å². The second-order valence-electron chi connectivity index (χ2n) is 8.68. The average Bonchev–Trinajstić information content (AvgIpc) is 3.31. The fraction of sp³-hybridized carbons (Fsp3) is 0.577. The molecule has 1 aliphatic heterocycles. The summed E-state index contributed by atoms with van der Waals surface area (Å²) < 4.78 is 5.90. The number of primary amides is 1. The van der Waals surface area contributed by atoms with E-state index in [2.05, 4.69) is 6.92 Å². The Morgan fingerprint density at radius 3 is 2.30 bits per heavy atom. The third kappa shape index (κ3) is 9.00. The van der Waals surface area contributed by atoms with Gasteiger partial charge < -0.3 is 20.5 Å². The number of ether oxygens (including phenoxy) is 1. The van der Waals surface area contributed by atoms with Crippen LogP contribution in [0, 0.1) is 0 Å². The molecule has 7 nitrogen and oxygen atoms in total. The van der Waals surface area contributed by atoms with Crippen molar-refractivity contribution in [3.05, 3.63) is 48.2 Å². The molecule has 1 heterocycles. The molecule has 0 bridgehead atoms. The van der Waals surface area contributed by atoms with Crippen LogP contribution in [-0.4, -0.2) is 46.0 Å². The Morgan fingerprint density at radius 2 is 1.67 bits per heavy atom. The molecular formula is C26H38N2O5. The van der Waals surface area contributed by atoms with Crippen molar-refractivity contribution in [2.24, 2.45) is 5.73 Å². The average molecular weight is 459 g/mol. The number of hydrogen-bond acceptors (Lipinski definition) is 5. The molecule has 7 heteroatoms. The molecule has 0 spiro atoms. The van der Waals surface area contributed by atoms with E-state index in [0.717, 1.165) is 51.4 Å². The summed E-state index contributed by atoms with van der Waals surface area (Å²) in [5.41, 5.74) is 5.62. The minimum Gasteiger partial charge on any atom is -0.461 e. The maximum absolute atomic E-state index is 13.0. The molecule has 0 fully saturated rings. The first kappa shape index (κ1) is 26.6. The number of esters is 1. The zero-order valence-electron chi connectivity index (χ0n) is 19.7. The predicted octanol–water partition coefficient (Wildman–Crippen LogP) is 4.09. The molecule has 0 aromatic heterocycles. The summed E-state index contributed by atoms with van der Waals surface area (Å²) in [5.74, 6) is -1.27. The van der Waals surface area contributed by atoms with Crippen LogP contribution in [0.25, 0.3) is 0 Å². The van der Waals surface area contributed by atoms with E-state index in [9.17, 15) is 19.5 Å². The minimum absolute atomic E-state index is 0.204. The van der Waals surface area contributed by atoms with Gasteiger partial charge in [0.15, 0.2) is 0 Å². The normalized spacial score (nSPS) is 17.0. The molecule has 1 aromatic carbocycles. The van der Waals surface area contributed by atoms with Crippen molar-refractivity contribution in [1.29, 1.82) is 0 Å². The SMILES string of the molecule is CCCCCC[C@H](CCCCC[C@@H](O)C(N)=O)OC(=O)[C@@H]1CC=CN1C(=O)c1ccccc1. The Morgan fingerprint density at radius 1 is 1.03 bits per heavy atom. The number of nitrogens with zero attached hydrogens (tertiary/aromatic N) is 1. The van der Waals surface area contributed by atoms with Gasteiger partial charge in [0.2, 0.25) is 5.91 Å². The molecule has 0 aliphatic carbocycles. The fourth-order valence-electron chi connectivity index (χ4n) is 4.00. The summed E-state index contributed by atoms with van der Waals surface area (Å²) in [7, 11) is 0. The number of benzene rings is 1. The van der Waals surface area contributed by atoms with E-state index in [0.29, 0.717) is 24.8 Å². The Labute approximate surface area is 197 Å². The van der Waals surface area contributed by atoms with Gasteiger partial charge in [-0.15, -0.1) is 0 Å². The first-order chi connectivity index (χ1) is 15.9. The quantitative estimate of drug-likeness (QED) is 0.304. The number of amides is 2. The molecule has 0 unspecified atom stereocenters. The summed E-state index contributed by atoms with van der Waals surface area (Å²) in [4.78, 5) is 38.3. The van der Waals surface area contributed by atoms with Crippen LogP contribution in [0.1, 0.15) is 87.9 Å². The third-order valence-electron chi connectivity index (χ3n) is 5.98. The lowest BCUT2D eigenvalue weighted by Crippen LogP contribution is -2.41. The smallest absolute Gasteiger partial charge is 0.329 e. The van der Waals surface area contributed by atoms with Gasteiger partial charge in [0, 0.05) is 11.8 Å². The number of nitrogens with two attached hydrogens (primary N) is 1. The van der Waals surface area contributed by atoms with Crippen molar-refractivity contribution >= 4 is 17.8 Å². The molecule has 0 saturated heterocycles. The number of unbranched alkanes of at least 4 members (excludes halogenated alkanes) is 5. The van der Waals surface area contributed by atoms with Gasteiger partial charge in [0.25, 0.3) is 5.91 Å². The number of aliphatic hydroxyl groups excluding tert-OH is 1. The Bertz CT molecular complexity index is 780. The summed E-state index contributed by atoms with van der Waals surface area (Å²) in [6, 6.07) is 8.29. The molecule has 182 valence electrons. The van der Waals surface area contributed by atoms with Crippen molar-refractivity contribution < 1.29 is 24.2 Å². The molecule has 3 atom stereocenters. The van der Waals surface area contributed by atoms with Crippen molar-refractivity contribution in [3.8, 4) is 0 Å². The molecule has 0 saturated carbocycles. The van der Waals surface area contributed by atoms with E-state index < -0.39 is 18.1 Å². The van der Waals surface area contributed by atoms with Crippen LogP contribution in [0.2, 0.25) is 0 Å². The van der Waals surface area contributed by atoms with Crippen LogP contribution >= 0.6 is 0 Å². The van der Waals surface area contributed by atoms with Crippen molar-refractivity contribution in [2.75, 3.05) is 0 Å². The highest BCUT2D eigenvalue weighted by Gasteiger charge is 2.34. The van der Waals surface area contributed by atoms with Crippen LogP contribution < -0.4 is 5.73 Å². The van der Waals surface area contributed by atoms with Crippen molar-refractivity contribution in [3.63, 3.8) is 0 Å². The highest BCUT2D eigenvalue weighted by molar-refractivity contribution is 5.98. The summed E-state index contributed by atoms with van der Waals surface area (Å²) in [5, 5.41) is 9.51. The summed E-state index contributed by atoms with van der Waals surface area (Å²) >= 11 is 0. The molecule has 1 aromatic rings. The lowest BCUT2D eigenvalue weighted by Gasteiger charge is -2.25. The maximum atomic E-state index is 13.0. The Kier molecular flexibility index (Phi) is 11.7. The van der Waals surface area contributed by atoms with Gasteiger partial charge in [-0.3, -0.25) is 9.59 Å². The van der Waals surface area contributed by atoms with Crippen LogP contribution in [0.15, 0.2) is 42.6 Å². The number of carbonyl (C=O) groups excluding carboxylic acids is 3. The van der Waals surface area contributed by atoms with Crippen LogP contribution in [-0.2, 0) is 14.3 Å². The molecule has 3 N–H and O–H groups in total. The van der Waals surface area contributed by atoms with E-state index in [1.54, 1.807) is 30.5 Å². The van der Waals surface area contributed by atoms with Crippen LogP contribution in [0.5, 0.6) is 0 Å². The maximum Gasteiger partial charge on any atom is 0.329 e. The van der Waals surface area contributed by atoms with Gasteiger partial charge in [-0.2, -0.15) is 0 Å². The first-order valence-corrected chi connectivity index (χ1v) is 12.2. The van der Waals surface area contributed by atoms with E-state index in [4.69, 9.17) is 10.5 Å². The number of hydrogen-bond donors (Lipinski definition) is 2. The number of aliphatic hydroxyl groups is 1. The first-order valence-electron chi connectivity index (χ1n) is 12.2. The summed E-state index contributed by atoms with van der Waals surface area (Å²) in [6.45, 7) is 2.16. The topological polar surface area (TPSA) is 110 Å². The largest absolute Gasteiger partial charge is 0.461 e. The zero-order valence-corrected chi connectivity index (χ0v) is 19.7. The summed E-state index contributed by atoms with van der Waals surface area (Å²) in [6.07, 6.45) is 11.2. The molecule has 33 heavy (non-hydrogen) atoms. The lowest BCUT2D eigenvalue weighted by molar-refractivity contribution is -0.154. The monoisotopic (exact) mass is 458 g/mol. The number of rotatable bonds is 15. The Balaban J connectivity index is 1.89. The molecule has 0 radical (unpaired) electrons. The third-order valence-corrected chi connectivity index (χ3v) is 5.98. The van der Waals surface area contributed by atoms with Crippen LogP contribution in [0.4, 0.5) is 0 Å². The van der Waals surface area contributed by atoms with E-state index >= 15 is 0 Å².